The summed E-state index contributed by atoms with van der Waals surface area (Å²) in [6.07, 6.45) is 1.80. The number of nitrogens with one attached hydrogen (secondary N) is 1. The van der Waals surface area contributed by atoms with Crippen LogP contribution in [-0.4, -0.2) is 60.3 Å². The number of nitrogens with zero attached hydrogens (tertiary/aromatic N) is 5. The Hall–Kier alpha value is -3.62. The van der Waals surface area contributed by atoms with Crippen LogP contribution in [0, 0.1) is 6.92 Å². The first-order valence-corrected chi connectivity index (χ1v) is 12.0. The highest BCUT2D eigenvalue weighted by molar-refractivity contribution is 5.97. The van der Waals surface area contributed by atoms with Crippen LogP contribution < -0.4 is 16.0 Å². The lowest BCUT2D eigenvalue weighted by Crippen LogP contribution is -2.29. The second kappa shape index (κ2) is 9.56. The summed E-state index contributed by atoms with van der Waals surface area (Å²) in [4.78, 5) is 13.7. The second-order valence-electron chi connectivity index (χ2n) is 9.38. The number of benzene rings is 2. The number of para-hydroxylation sites is 1. The van der Waals surface area contributed by atoms with Gasteiger partial charge in [0.2, 0.25) is 5.95 Å². The van der Waals surface area contributed by atoms with E-state index >= 15 is 0 Å². The number of nitrogen functional groups attached to an aromatic ring is 1. The van der Waals surface area contributed by atoms with Crippen molar-refractivity contribution < 1.29 is 4.74 Å². The van der Waals surface area contributed by atoms with E-state index in [1.165, 1.54) is 10.9 Å². The van der Waals surface area contributed by atoms with Gasteiger partial charge in [-0.15, -0.1) is 0 Å². The highest BCUT2D eigenvalue weighted by Gasteiger charge is 2.22. The van der Waals surface area contributed by atoms with Gasteiger partial charge >= 0.3 is 0 Å². The summed E-state index contributed by atoms with van der Waals surface area (Å²) in [5.74, 6) is 0.541. The van der Waals surface area contributed by atoms with E-state index in [0.717, 1.165) is 65.8 Å². The Morgan fingerprint density at radius 1 is 1.11 bits per heavy atom. The van der Waals surface area contributed by atoms with Gasteiger partial charge in [0.15, 0.2) is 0 Å². The number of anilines is 4. The van der Waals surface area contributed by atoms with Gasteiger partial charge in [0.05, 0.1) is 36.0 Å². The van der Waals surface area contributed by atoms with Gasteiger partial charge in [-0.05, 0) is 50.8 Å². The minimum atomic E-state index is 0.541. The monoisotopic (exact) mass is 471 g/mol. The number of aryl methyl sites for hydroxylation is 1. The minimum absolute atomic E-state index is 0.541. The van der Waals surface area contributed by atoms with E-state index in [-0.39, 0.29) is 0 Å². The topological polar surface area (TPSA) is 84.5 Å². The summed E-state index contributed by atoms with van der Waals surface area (Å²) in [5.41, 5.74) is 14.5. The standard InChI is InChI=1S/C27H33N7O/c1-18-15-24(33(4)12-11-32(2)3)20(28)16-22(18)31-27-29-10-9-21(30-27)26-19-7-5-6-8-23(19)34-13-14-35-17-25(26)34/h5-10,15-16H,11-14,17,28H2,1-4H3,(H,29,30,31). The molecule has 182 valence electrons. The maximum Gasteiger partial charge on any atom is 0.227 e. The first-order valence-electron chi connectivity index (χ1n) is 12.0. The van der Waals surface area contributed by atoms with Crippen LogP contribution in [0.15, 0.2) is 48.7 Å². The number of hydrogen-bond donors (Lipinski definition) is 2. The Bertz CT molecular complexity index is 1360. The largest absolute Gasteiger partial charge is 0.397 e. The highest BCUT2D eigenvalue weighted by atomic mass is 16.5. The Morgan fingerprint density at radius 3 is 2.77 bits per heavy atom. The quantitative estimate of drug-likeness (QED) is 0.390. The van der Waals surface area contributed by atoms with E-state index in [0.29, 0.717) is 12.6 Å². The van der Waals surface area contributed by atoms with Crippen molar-refractivity contribution >= 4 is 33.9 Å². The molecule has 1 aliphatic rings. The number of aromatic nitrogens is 3. The molecule has 3 N–H and O–H groups in total. The molecule has 8 nitrogen and oxygen atoms in total. The van der Waals surface area contributed by atoms with Crippen molar-refractivity contribution in [3.8, 4) is 11.3 Å². The molecular formula is C27H33N7O. The number of likely N-dealkylation sites (N-methyl/N-ethyl adjacent to an activating group) is 2. The molecule has 0 bridgehead atoms. The number of fused-ring (bicyclic) bond motifs is 3. The molecular weight excluding hydrogens is 438 g/mol. The Morgan fingerprint density at radius 2 is 1.94 bits per heavy atom. The molecule has 35 heavy (non-hydrogen) atoms. The molecule has 2 aromatic carbocycles. The van der Waals surface area contributed by atoms with Crippen LogP contribution >= 0.6 is 0 Å². The van der Waals surface area contributed by atoms with Gasteiger partial charge in [-0.1, -0.05) is 18.2 Å². The zero-order valence-electron chi connectivity index (χ0n) is 20.9. The van der Waals surface area contributed by atoms with Crippen LogP contribution in [0.3, 0.4) is 0 Å². The van der Waals surface area contributed by atoms with Gasteiger partial charge < -0.3 is 30.2 Å². The lowest BCUT2D eigenvalue weighted by Gasteiger charge is -2.24. The van der Waals surface area contributed by atoms with E-state index in [9.17, 15) is 0 Å². The molecule has 0 saturated heterocycles. The smallest absolute Gasteiger partial charge is 0.227 e. The third-order valence-electron chi connectivity index (χ3n) is 6.60. The summed E-state index contributed by atoms with van der Waals surface area (Å²) in [6.45, 7) is 6.08. The van der Waals surface area contributed by atoms with Gasteiger partial charge in [0.1, 0.15) is 0 Å². The van der Waals surface area contributed by atoms with Gasteiger partial charge in [0, 0.05) is 55.0 Å². The van der Waals surface area contributed by atoms with Gasteiger partial charge in [-0.2, -0.15) is 0 Å². The number of ether oxygens (including phenoxy) is 1. The molecule has 0 radical (unpaired) electrons. The maximum absolute atomic E-state index is 6.44. The van der Waals surface area contributed by atoms with Gasteiger partial charge in [-0.25, -0.2) is 9.97 Å². The molecule has 2 aromatic heterocycles. The molecule has 0 saturated carbocycles. The second-order valence-corrected chi connectivity index (χ2v) is 9.38. The fourth-order valence-corrected chi connectivity index (χ4v) is 4.70. The van der Waals surface area contributed by atoms with Crippen molar-refractivity contribution in [3.63, 3.8) is 0 Å². The number of nitrogens with two attached hydrogens (primary N) is 1. The van der Waals surface area contributed by atoms with Crippen molar-refractivity contribution in [1.82, 2.24) is 19.4 Å². The van der Waals surface area contributed by atoms with Crippen molar-refractivity contribution in [2.24, 2.45) is 0 Å². The maximum atomic E-state index is 6.44. The van der Waals surface area contributed by atoms with Crippen LogP contribution in [-0.2, 0) is 17.9 Å². The zero-order valence-corrected chi connectivity index (χ0v) is 20.9. The van der Waals surface area contributed by atoms with Crippen molar-refractivity contribution in [3.05, 3.63) is 59.9 Å². The fraction of sp³-hybridized carbons (Fsp3) is 0.333. The first-order chi connectivity index (χ1) is 16.9. The SMILES string of the molecule is Cc1cc(N(C)CCN(C)C)c(N)cc1Nc1nccc(-c2c3n(c4ccccc24)CCOC3)n1. The molecule has 0 aliphatic carbocycles. The first kappa shape index (κ1) is 23.1. The Kier molecular flexibility index (Phi) is 6.32. The third kappa shape index (κ3) is 4.54. The van der Waals surface area contributed by atoms with E-state index in [1.54, 1.807) is 6.20 Å². The van der Waals surface area contributed by atoms with Crippen LogP contribution in [0.1, 0.15) is 11.3 Å². The molecule has 0 amide bonds. The summed E-state index contributed by atoms with van der Waals surface area (Å²) < 4.78 is 8.15. The lowest BCUT2D eigenvalue weighted by atomic mass is 10.1. The normalized spacial score (nSPS) is 13.3. The molecule has 1 aliphatic heterocycles. The Balaban J connectivity index is 1.46. The minimum Gasteiger partial charge on any atom is -0.397 e. The molecule has 5 rings (SSSR count). The molecule has 0 spiro atoms. The van der Waals surface area contributed by atoms with Crippen molar-refractivity contribution in [2.75, 3.05) is 56.8 Å². The molecule has 4 aromatic rings. The summed E-state index contributed by atoms with van der Waals surface area (Å²) in [5, 5.41) is 4.58. The molecule has 0 atom stereocenters. The molecule has 8 heteroatoms. The average molecular weight is 472 g/mol. The predicted molar refractivity (Wildman–Crippen MR) is 143 cm³/mol. The van der Waals surface area contributed by atoms with Gasteiger partial charge in [-0.3, -0.25) is 0 Å². The summed E-state index contributed by atoms with van der Waals surface area (Å²) in [7, 11) is 6.22. The summed E-state index contributed by atoms with van der Waals surface area (Å²) in [6, 6.07) is 14.5. The van der Waals surface area contributed by atoms with Crippen LogP contribution in [0.4, 0.5) is 23.0 Å². The van der Waals surface area contributed by atoms with Crippen LogP contribution in [0.25, 0.3) is 22.2 Å². The third-order valence-corrected chi connectivity index (χ3v) is 6.60. The Labute approximate surface area is 206 Å². The number of hydrogen-bond acceptors (Lipinski definition) is 7. The van der Waals surface area contributed by atoms with E-state index in [4.69, 9.17) is 15.5 Å². The molecule has 0 fully saturated rings. The molecule has 3 heterocycles. The average Bonchev–Trinajstić information content (AvgIpc) is 3.19. The zero-order chi connectivity index (χ0) is 24.5. The van der Waals surface area contributed by atoms with E-state index in [2.05, 4.69) is 83.1 Å². The van der Waals surface area contributed by atoms with E-state index < -0.39 is 0 Å². The molecule has 0 unspecified atom stereocenters. The fourth-order valence-electron chi connectivity index (χ4n) is 4.70. The van der Waals surface area contributed by atoms with Gasteiger partial charge in [0.25, 0.3) is 0 Å². The summed E-state index contributed by atoms with van der Waals surface area (Å²) >= 11 is 0. The van der Waals surface area contributed by atoms with Crippen molar-refractivity contribution in [2.45, 2.75) is 20.1 Å². The highest BCUT2D eigenvalue weighted by Crippen LogP contribution is 2.36. The number of rotatable bonds is 7. The van der Waals surface area contributed by atoms with Crippen LogP contribution in [0.2, 0.25) is 0 Å². The lowest BCUT2D eigenvalue weighted by molar-refractivity contribution is 0.0869. The van der Waals surface area contributed by atoms with Crippen molar-refractivity contribution in [1.29, 1.82) is 0 Å². The predicted octanol–water partition coefficient (Wildman–Crippen LogP) is 4.26. The van der Waals surface area contributed by atoms with Crippen LogP contribution in [0.5, 0.6) is 0 Å². The van der Waals surface area contributed by atoms with E-state index in [1.807, 2.05) is 12.1 Å².